The van der Waals surface area contributed by atoms with Gasteiger partial charge < -0.3 is 14.9 Å². The van der Waals surface area contributed by atoms with Crippen molar-refractivity contribution in [2.24, 2.45) is 0 Å². The summed E-state index contributed by atoms with van der Waals surface area (Å²) in [5, 5.41) is 14.8. The molecule has 0 aliphatic carbocycles. The Morgan fingerprint density at radius 1 is 1.65 bits per heavy atom. The monoisotopic (exact) mass is 258 g/mol. The Balaban J connectivity index is 2.65. The fraction of sp³-hybridized carbons (Fsp3) is 0.500. The van der Waals surface area contributed by atoms with E-state index in [-0.39, 0.29) is 17.5 Å². The van der Waals surface area contributed by atoms with Crippen molar-refractivity contribution >= 4 is 23.6 Å². The molecule has 7 heteroatoms. The van der Waals surface area contributed by atoms with Crippen molar-refractivity contribution in [3.05, 3.63) is 17.5 Å². The topological polar surface area (TPSA) is 92.4 Å². The van der Waals surface area contributed by atoms with Gasteiger partial charge in [0, 0.05) is 17.9 Å². The van der Waals surface area contributed by atoms with E-state index in [1.807, 2.05) is 13.2 Å². The number of amides is 1. The van der Waals surface area contributed by atoms with E-state index in [9.17, 15) is 9.59 Å². The molecule has 1 heterocycles. The predicted molar refractivity (Wildman–Crippen MR) is 63.4 cm³/mol. The van der Waals surface area contributed by atoms with Crippen LogP contribution in [-0.4, -0.2) is 40.2 Å². The Hall–Kier alpha value is -1.50. The standard InChI is InChI=1S/C10H14N2O4S/c1-3-6(5-17-2)11-9(13)7-4-8(10(14)15)16-12-7/h4,6H,3,5H2,1-2H3,(H,11,13)(H,14,15). The number of carboxylic acids is 1. The number of aromatic carboxylic acids is 1. The number of hydrogen-bond acceptors (Lipinski definition) is 5. The number of aromatic nitrogens is 1. The fourth-order valence-electron chi connectivity index (χ4n) is 1.21. The summed E-state index contributed by atoms with van der Waals surface area (Å²) in [6, 6.07) is 1.16. The average Bonchev–Trinajstić information content (AvgIpc) is 2.77. The number of hydrogen-bond donors (Lipinski definition) is 2. The van der Waals surface area contributed by atoms with Crippen LogP contribution >= 0.6 is 11.8 Å². The van der Waals surface area contributed by atoms with Gasteiger partial charge >= 0.3 is 5.97 Å². The first kappa shape index (κ1) is 13.6. The predicted octanol–water partition coefficient (Wildman–Crippen LogP) is 1.24. The summed E-state index contributed by atoms with van der Waals surface area (Å²) in [6.07, 6.45) is 2.75. The highest BCUT2D eigenvalue weighted by molar-refractivity contribution is 7.98. The van der Waals surface area contributed by atoms with Crippen LogP contribution in [0.2, 0.25) is 0 Å². The highest BCUT2D eigenvalue weighted by Gasteiger charge is 2.18. The van der Waals surface area contributed by atoms with Crippen LogP contribution in [-0.2, 0) is 0 Å². The molecule has 0 bridgehead atoms. The van der Waals surface area contributed by atoms with Gasteiger partial charge in [-0.1, -0.05) is 12.1 Å². The van der Waals surface area contributed by atoms with Gasteiger partial charge in [-0.2, -0.15) is 11.8 Å². The highest BCUT2D eigenvalue weighted by Crippen LogP contribution is 2.06. The molecule has 17 heavy (non-hydrogen) atoms. The third-order valence-corrected chi connectivity index (χ3v) is 2.89. The highest BCUT2D eigenvalue weighted by atomic mass is 32.2. The summed E-state index contributed by atoms with van der Waals surface area (Å²) in [6.45, 7) is 1.96. The van der Waals surface area contributed by atoms with Crippen molar-refractivity contribution in [3.8, 4) is 0 Å². The van der Waals surface area contributed by atoms with E-state index >= 15 is 0 Å². The second kappa shape index (κ2) is 6.29. The number of nitrogens with zero attached hydrogens (tertiary/aromatic N) is 1. The summed E-state index contributed by atoms with van der Waals surface area (Å²) in [7, 11) is 0. The number of nitrogens with one attached hydrogen (secondary N) is 1. The largest absolute Gasteiger partial charge is 0.475 e. The molecule has 0 aliphatic rings. The van der Waals surface area contributed by atoms with Crippen molar-refractivity contribution < 1.29 is 19.2 Å². The van der Waals surface area contributed by atoms with Gasteiger partial charge in [0.2, 0.25) is 5.76 Å². The lowest BCUT2D eigenvalue weighted by Crippen LogP contribution is -2.36. The van der Waals surface area contributed by atoms with Gasteiger partial charge in [0.1, 0.15) is 0 Å². The Labute approximate surface area is 103 Å². The molecule has 0 spiro atoms. The first-order valence-electron chi connectivity index (χ1n) is 5.08. The van der Waals surface area contributed by atoms with Crippen molar-refractivity contribution in [1.29, 1.82) is 0 Å². The van der Waals surface area contributed by atoms with E-state index in [1.54, 1.807) is 11.8 Å². The zero-order valence-electron chi connectivity index (χ0n) is 9.60. The lowest BCUT2D eigenvalue weighted by Gasteiger charge is -2.14. The number of rotatable bonds is 6. The summed E-state index contributed by atoms with van der Waals surface area (Å²) >= 11 is 1.63. The lowest BCUT2D eigenvalue weighted by molar-refractivity contribution is 0.0651. The van der Waals surface area contributed by atoms with Gasteiger partial charge in [0.15, 0.2) is 5.69 Å². The molecule has 1 aromatic rings. The Bertz CT molecular complexity index is 405. The van der Waals surface area contributed by atoms with Crippen molar-refractivity contribution in [1.82, 2.24) is 10.5 Å². The average molecular weight is 258 g/mol. The minimum atomic E-state index is -1.24. The molecule has 0 radical (unpaired) electrons. The van der Waals surface area contributed by atoms with Crippen LogP contribution in [0.1, 0.15) is 34.4 Å². The van der Waals surface area contributed by atoms with E-state index < -0.39 is 11.9 Å². The van der Waals surface area contributed by atoms with Gasteiger partial charge in [0.25, 0.3) is 5.91 Å². The molecule has 1 aromatic heterocycles. The molecule has 0 aromatic carbocycles. The lowest BCUT2D eigenvalue weighted by atomic mass is 10.2. The van der Waals surface area contributed by atoms with Crippen LogP contribution in [0.15, 0.2) is 10.6 Å². The molecule has 1 unspecified atom stereocenters. The quantitative estimate of drug-likeness (QED) is 0.797. The number of carbonyl (C=O) groups excluding carboxylic acids is 1. The maximum absolute atomic E-state index is 11.7. The van der Waals surface area contributed by atoms with E-state index in [1.165, 1.54) is 0 Å². The molecule has 1 rings (SSSR count). The minimum absolute atomic E-state index is 0.0121. The Morgan fingerprint density at radius 2 is 2.35 bits per heavy atom. The Morgan fingerprint density at radius 3 is 2.82 bits per heavy atom. The van der Waals surface area contributed by atoms with Crippen LogP contribution < -0.4 is 5.32 Å². The number of thioether (sulfide) groups is 1. The zero-order chi connectivity index (χ0) is 12.8. The fourth-order valence-corrected chi connectivity index (χ4v) is 1.93. The molecular formula is C10H14N2O4S. The SMILES string of the molecule is CCC(CSC)NC(=O)c1cc(C(=O)O)on1. The molecule has 6 nitrogen and oxygen atoms in total. The maximum Gasteiger partial charge on any atom is 0.374 e. The molecule has 0 aliphatic heterocycles. The van der Waals surface area contributed by atoms with Crippen molar-refractivity contribution in [3.63, 3.8) is 0 Å². The van der Waals surface area contributed by atoms with Crippen LogP contribution in [0.4, 0.5) is 0 Å². The third-order valence-electron chi connectivity index (χ3n) is 2.15. The minimum Gasteiger partial charge on any atom is -0.475 e. The van der Waals surface area contributed by atoms with E-state index in [0.29, 0.717) is 0 Å². The van der Waals surface area contributed by atoms with E-state index in [4.69, 9.17) is 5.11 Å². The summed E-state index contributed by atoms with van der Waals surface area (Å²) in [5.41, 5.74) is -0.0121. The Kier molecular flexibility index (Phi) is 5.02. The first-order valence-corrected chi connectivity index (χ1v) is 6.47. The van der Waals surface area contributed by atoms with Gasteiger partial charge in [-0.3, -0.25) is 4.79 Å². The molecule has 2 N–H and O–H groups in total. The number of carboxylic acid groups (broad SMARTS) is 1. The van der Waals surface area contributed by atoms with E-state index in [0.717, 1.165) is 18.2 Å². The molecular weight excluding hydrogens is 244 g/mol. The molecule has 1 amide bonds. The van der Waals surface area contributed by atoms with Crippen molar-refractivity contribution in [2.75, 3.05) is 12.0 Å². The second-order valence-corrected chi connectivity index (χ2v) is 4.33. The van der Waals surface area contributed by atoms with Crippen LogP contribution in [0.5, 0.6) is 0 Å². The molecule has 0 saturated carbocycles. The normalized spacial score (nSPS) is 12.1. The maximum atomic E-state index is 11.7. The van der Waals surface area contributed by atoms with Crippen LogP contribution in [0, 0.1) is 0 Å². The second-order valence-electron chi connectivity index (χ2n) is 3.42. The van der Waals surface area contributed by atoms with Gasteiger partial charge in [-0.05, 0) is 12.7 Å². The first-order chi connectivity index (χ1) is 8.08. The van der Waals surface area contributed by atoms with Crippen LogP contribution in [0.3, 0.4) is 0 Å². The molecule has 94 valence electrons. The zero-order valence-corrected chi connectivity index (χ0v) is 10.4. The van der Waals surface area contributed by atoms with Gasteiger partial charge in [-0.15, -0.1) is 0 Å². The smallest absolute Gasteiger partial charge is 0.374 e. The van der Waals surface area contributed by atoms with E-state index in [2.05, 4.69) is 15.0 Å². The number of carbonyl (C=O) groups is 2. The summed E-state index contributed by atoms with van der Waals surface area (Å²) < 4.78 is 4.51. The van der Waals surface area contributed by atoms with Gasteiger partial charge in [0.05, 0.1) is 0 Å². The molecule has 0 fully saturated rings. The van der Waals surface area contributed by atoms with Crippen molar-refractivity contribution in [2.45, 2.75) is 19.4 Å². The van der Waals surface area contributed by atoms with Crippen LogP contribution in [0.25, 0.3) is 0 Å². The van der Waals surface area contributed by atoms with Gasteiger partial charge in [-0.25, -0.2) is 4.79 Å². The third kappa shape index (κ3) is 3.77. The molecule has 1 atom stereocenters. The summed E-state index contributed by atoms with van der Waals surface area (Å²) in [4.78, 5) is 22.2. The summed E-state index contributed by atoms with van der Waals surface area (Å²) in [5.74, 6) is -1.20. The molecule has 0 saturated heterocycles.